The quantitative estimate of drug-likeness (QED) is 0.625. The summed E-state index contributed by atoms with van der Waals surface area (Å²) in [5.41, 5.74) is 1.84. The molecule has 138 valence electrons. The maximum absolute atomic E-state index is 13.3. The molecule has 0 saturated heterocycles. The molecule has 0 atom stereocenters. The summed E-state index contributed by atoms with van der Waals surface area (Å²) < 4.78 is 0. The molecule has 26 heavy (non-hydrogen) atoms. The monoisotopic (exact) mass is 369 g/mol. The molecule has 1 saturated carbocycles. The Hall–Kier alpha value is -1.94. The van der Waals surface area contributed by atoms with Gasteiger partial charge >= 0.3 is 0 Å². The molecule has 0 radical (unpaired) electrons. The van der Waals surface area contributed by atoms with Crippen LogP contribution in [-0.4, -0.2) is 18.2 Å². The van der Waals surface area contributed by atoms with Crippen LogP contribution in [0.15, 0.2) is 36.4 Å². The third kappa shape index (κ3) is 3.90. The third-order valence-electron chi connectivity index (χ3n) is 5.28. The van der Waals surface area contributed by atoms with Crippen LogP contribution in [0.3, 0.4) is 0 Å². The molecule has 1 aliphatic carbocycles. The zero-order valence-corrected chi connectivity index (χ0v) is 16.6. The van der Waals surface area contributed by atoms with E-state index in [4.69, 9.17) is 0 Å². The highest BCUT2D eigenvalue weighted by atomic mass is 32.1. The first-order valence-electron chi connectivity index (χ1n) is 9.48. The van der Waals surface area contributed by atoms with E-state index in [1.54, 1.807) is 0 Å². The van der Waals surface area contributed by atoms with Gasteiger partial charge in [-0.1, -0.05) is 37.3 Å². The topological polar surface area (TPSA) is 37.4 Å². The Bertz CT molecular complexity index is 758. The minimum absolute atomic E-state index is 0.0266. The van der Waals surface area contributed by atoms with Gasteiger partial charge in [-0.3, -0.25) is 9.59 Å². The molecular weight excluding hydrogens is 342 g/mol. The highest BCUT2D eigenvalue weighted by Gasteiger charge is 2.32. The molecule has 0 N–H and O–H groups in total. The number of hydrogen-bond acceptors (Lipinski definition) is 3. The average molecular weight is 370 g/mol. The summed E-state index contributed by atoms with van der Waals surface area (Å²) in [5.74, 6) is 0.962. The number of nitrogens with zero attached hydrogens (tertiary/aromatic N) is 1. The second-order valence-electron chi connectivity index (χ2n) is 7.60. The number of rotatable bonds is 5. The molecule has 1 heterocycles. The van der Waals surface area contributed by atoms with Crippen LogP contribution < -0.4 is 4.90 Å². The smallest absolute Gasteiger partial charge is 0.230 e. The fraction of sp³-hybridized carbons (Fsp3) is 0.455. The fourth-order valence-electron chi connectivity index (χ4n) is 3.77. The minimum atomic E-state index is 0.0266. The zero-order chi connectivity index (χ0) is 18.7. The van der Waals surface area contributed by atoms with Crippen molar-refractivity contribution in [2.75, 3.05) is 4.90 Å². The highest BCUT2D eigenvalue weighted by molar-refractivity contribution is 7.17. The Morgan fingerprint density at radius 3 is 2.38 bits per heavy atom. The van der Waals surface area contributed by atoms with Crippen LogP contribution in [0, 0.1) is 11.8 Å². The van der Waals surface area contributed by atoms with Crippen molar-refractivity contribution in [2.45, 2.75) is 52.5 Å². The molecule has 1 aromatic carbocycles. The molecule has 0 bridgehead atoms. The van der Waals surface area contributed by atoms with Crippen molar-refractivity contribution >= 4 is 29.2 Å². The molecule has 0 unspecified atom stereocenters. The predicted molar refractivity (Wildman–Crippen MR) is 109 cm³/mol. The molecule has 2 aromatic rings. The number of thiophene rings is 1. The van der Waals surface area contributed by atoms with Crippen LogP contribution in [0.1, 0.15) is 56.1 Å². The third-order valence-corrected chi connectivity index (χ3v) is 6.38. The summed E-state index contributed by atoms with van der Waals surface area (Å²) >= 11 is 1.46. The molecule has 1 amide bonds. The van der Waals surface area contributed by atoms with Crippen molar-refractivity contribution in [1.82, 2.24) is 0 Å². The summed E-state index contributed by atoms with van der Waals surface area (Å²) in [4.78, 5) is 28.5. The van der Waals surface area contributed by atoms with Gasteiger partial charge in [0, 0.05) is 16.8 Å². The number of carbonyl (C=O) groups is 2. The fourth-order valence-corrected chi connectivity index (χ4v) is 4.74. The van der Waals surface area contributed by atoms with E-state index in [1.807, 2.05) is 55.1 Å². The molecule has 1 aliphatic rings. The Labute approximate surface area is 160 Å². The van der Waals surface area contributed by atoms with Gasteiger partial charge in [0.15, 0.2) is 6.29 Å². The maximum atomic E-state index is 13.3. The van der Waals surface area contributed by atoms with Crippen molar-refractivity contribution in [1.29, 1.82) is 0 Å². The lowest BCUT2D eigenvalue weighted by Crippen LogP contribution is -2.42. The van der Waals surface area contributed by atoms with Gasteiger partial charge < -0.3 is 4.90 Å². The van der Waals surface area contributed by atoms with Gasteiger partial charge in [0.2, 0.25) is 5.91 Å². The lowest BCUT2D eigenvalue weighted by atomic mass is 9.82. The van der Waals surface area contributed by atoms with Gasteiger partial charge in [0.25, 0.3) is 0 Å². The van der Waals surface area contributed by atoms with Crippen molar-refractivity contribution in [3.63, 3.8) is 0 Å². The summed E-state index contributed by atoms with van der Waals surface area (Å²) in [7, 11) is 0. The molecule has 1 fully saturated rings. The maximum Gasteiger partial charge on any atom is 0.230 e. The summed E-state index contributed by atoms with van der Waals surface area (Å²) in [5, 5.41) is 0. The first-order valence-corrected chi connectivity index (χ1v) is 10.3. The van der Waals surface area contributed by atoms with Crippen molar-refractivity contribution < 1.29 is 9.59 Å². The SMILES string of the molecule is CC1CCC(C(=O)N(c2cc(-c3ccccc3)sc2C=O)C(C)C)CC1. The zero-order valence-electron chi connectivity index (χ0n) is 15.8. The number of anilines is 1. The number of hydrogen-bond donors (Lipinski definition) is 0. The molecular formula is C22H27NO2S. The standard InChI is InChI=1S/C22H27NO2S/c1-15(2)23(22(25)18-11-9-16(3)10-12-18)19-13-20(26-21(19)14-24)17-7-5-4-6-8-17/h4-8,13-16,18H,9-12H2,1-3H3. The molecule has 3 nitrogen and oxygen atoms in total. The van der Waals surface area contributed by atoms with E-state index in [0.717, 1.165) is 48.1 Å². The van der Waals surface area contributed by atoms with Gasteiger partial charge in [-0.25, -0.2) is 0 Å². The Morgan fingerprint density at radius 1 is 1.15 bits per heavy atom. The van der Waals surface area contributed by atoms with Gasteiger partial charge in [-0.2, -0.15) is 0 Å². The summed E-state index contributed by atoms with van der Waals surface area (Å²) in [6.45, 7) is 6.31. The molecule has 3 rings (SSSR count). The Balaban J connectivity index is 1.94. The molecule has 0 spiro atoms. The van der Waals surface area contributed by atoms with E-state index in [1.165, 1.54) is 11.3 Å². The minimum Gasteiger partial charge on any atom is -0.308 e. The van der Waals surface area contributed by atoms with E-state index >= 15 is 0 Å². The Kier molecular flexibility index (Phi) is 5.92. The average Bonchev–Trinajstić information content (AvgIpc) is 3.06. The highest BCUT2D eigenvalue weighted by Crippen LogP contribution is 2.38. The van der Waals surface area contributed by atoms with Crippen molar-refractivity contribution in [3.8, 4) is 10.4 Å². The first kappa shape index (κ1) is 18.8. The van der Waals surface area contributed by atoms with Gasteiger partial charge in [-0.05, 0) is 57.1 Å². The molecule has 1 aromatic heterocycles. The van der Waals surface area contributed by atoms with Crippen LogP contribution in [-0.2, 0) is 4.79 Å². The van der Waals surface area contributed by atoms with Crippen molar-refractivity contribution in [2.24, 2.45) is 11.8 Å². The van der Waals surface area contributed by atoms with Crippen LogP contribution in [0.25, 0.3) is 10.4 Å². The predicted octanol–water partition coefficient (Wildman–Crippen LogP) is 5.80. The number of carbonyl (C=O) groups excluding carboxylic acids is 2. The lowest BCUT2D eigenvalue weighted by molar-refractivity contribution is -0.123. The number of aldehydes is 1. The normalized spacial score (nSPS) is 20.2. The van der Waals surface area contributed by atoms with Crippen LogP contribution in [0.2, 0.25) is 0 Å². The van der Waals surface area contributed by atoms with Gasteiger partial charge in [-0.15, -0.1) is 11.3 Å². The van der Waals surface area contributed by atoms with Crippen LogP contribution >= 0.6 is 11.3 Å². The first-order chi connectivity index (χ1) is 12.5. The summed E-state index contributed by atoms with van der Waals surface area (Å²) in [6.07, 6.45) is 5.02. The molecule has 0 aliphatic heterocycles. The second kappa shape index (κ2) is 8.17. The van der Waals surface area contributed by atoms with Gasteiger partial charge in [0.05, 0.1) is 10.6 Å². The van der Waals surface area contributed by atoms with E-state index in [2.05, 4.69) is 6.92 Å². The number of amides is 1. The van der Waals surface area contributed by atoms with Crippen LogP contribution in [0.4, 0.5) is 5.69 Å². The molecule has 4 heteroatoms. The van der Waals surface area contributed by atoms with E-state index < -0.39 is 0 Å². The second-order valence-corrected chi connectivity index (χ2v) is 8.69. The lowest BCUT2D eigenvalue weighted by Gasteiger charge is -2.33. The van der Waals surface area contributed by atoms with Crippen molar-refractivity contribution in [3.05, 3.63) is 41.3 Å². The number of benzene rings is 1. The van der Waals surface area contributed by atoms with Gasteiger partial charge in [0.1, 0.15) is 0 Å². The van der Waals surface area contributed by atoms with E-state index in [0.29, 0.717) is 10.8 Å². The van der Waals surface area contributed by atoms with E-state index in [-0.39, 0.29) is 17.9 Å². The largest absolute Gasteiger partial charge is 0.308 e. The summed E-state index contributed by atoms with van der Waals surface area (Å²) in [6, 6.07) is 12.1. The Morgan fingerprint density at radius 2 is 1.81 bits per heavy atom. The van der Waals surface area contributed by atoms with E-state index in [9.17, 15) is 9.59 Å². The van der Waals surface area contributed by atoms with Crippen LogP contribution in [0.5, 0.6) is 0 Å².